The number of fused-ring (bicyclic) bond motifs is 1. The Labute approximate surface area is 246 Å². The van der Waals surface area contributed by atoms with Crippen LogP contribution in [0.1, 0.15) is 35.5 Å². The molecule has 4 N–H and O–H groups in total. The molecule has 1 aromatic heterocycles. The Balaban J connectivity index is 1.76. The molecule has 0 radical (unpaired) electrons. The number of pyridine rings is 1. The highest BCUT2D eigenvalue weighted by Crippen LogP contribution is 2.51. The number of rotatable bonds is 9. The number of nitrogens with zero attached hydrogens (tertiary/aromatic N) is 1. The second-order valence-electron chi connectivity index (χ2n) is 10.6. The van der Waals surface area contributed by atoms with E-state index < -0.39 is 71.1 Å². The average molecular weight is 632 g/mol. The third kappa shape index (κ3) is 6.11. The maximum Gasteiger partial charge on any atom is 0.424 e. The average Bonchev–Trinajstić information content (AvgIpc) is 3.31. The van der Waals surface area contributed by atoms with Crippen LogP contribution in [0.15, 0.2) is 48.5 Å². The molecule has 44 heavy (non-hydrogen) atoms. The van der Waals surface area contributed by atoms with Crippen molar-refractivity contribution in [2.45, 2.75) is 37.3 Å². The molecule has 238 valence electrons. The maximum absolute atomic E-state index is 14.5. The van der Waals surface area contributed by atoms with E-state index in [9.17, 15) is 40.6 Å². The Morgan fingerprint density at radius 1 is 1.09 bits per heavy atom. The summed E-state index contributed by atoms with van der Waals surface area (Å²) in [5.41, 5.74) is -4.71. The molecule has 15 heteroatoms. The van der Waals surface area contributed by atoms with Crippen molar-refractivity contribution < 1.29 is 54.8 Å². The van der Waals surface area contributed by atoms with E-state index in [0.717, 1.165) is 24.3 Å². The van der Waals surface area contributed by atoms with Crippen LogP contribution < -0.4 is 25.3 Å². The number of aliphatic hydroxyl groups is 1. The molecule has 0 bridgehead atoms. The summed E-state index contributed by atoms with van der Waals surface area (Å²) in [5.74, 6) is -1.85. The van der Waals surface area contributed by atoms with E-state index in [0.29, 0.717) is 12.7 Å². The largest absolute Gasteiger partial charge is 0.493 e. The number of halogens is 7. The number of methoxy groups -OCH3 is 1. The number of carbonyl (C=O) groups is 1. The molecule has 2 heterocycles. The fourth-order valence-electron chi connectivity index (χ4n) is 4.36. The number of ether oxygens (including phenoxy) is 3. The van der Waals surface area contributed by atoms with Gasteiger partial charge in [0.05, 0.1) is 26.0 Å². The van der Waals surface area contributed by atoms with Gasteiger partial charge < -0.3 is 30.4 Å². The molecule has 3 aromatic rings. The number of amides is 1. The number of hydrogen-bond acceptors (Lipinski definition) is 7. The van der Waals surface area contributed by atoms with Crippen LogP contribution >= 0.6 is 0 Å². The number of nitrogens with one attached hydrogen (secondary N) is 1. The zero-order valence-electron chi connectivity index (χ0n) is 23.6. The van der Waals surface area contributed by atoms with E-state index in [-0.39, 0.29) is 28.5 Å². The summed E-state index contributed by atoms with van der Waals surface area (Å²) < 4.78 is 115. The zero-order chi connectivity index (χ0) is 32.7. The van der Waals surface area contributed by atoms with Gasteiger partial charge in [-0.1, -0.05) is 13.8 Å². The van der Waals surface area contributed by atoms with Crippen LogP contribution in [-0.4, -0.2) is 55.2 Å². The maximum atomic E-state index is 14.5. The van der Waals surface area contributed by atoms with Gasteiger partial charge in [-0.15, -0.1) is 0 Å². The van der Waals surface area contributed by atoms with Gasteiger partial charge in [-0.25, -0.2) is 9.37 Å². The lowest BCUT2D eigenvalue weighted by molar-refractivity contribution is -0.265. The molecule has 2 atom stereocenters. The van der Waals surface area contributed by atoms with Gasteiger partial charge in [0.2, 0.25) is 5.60 Å². The highest BCUT2D eigenvalue weighted by Gasteiger charge is 2.61. The van der Waals surface area contributed by atoms with Crippen molar-refractivity contribution in [3.8, 4) is 28.5 Å². The zero-order valence-corrected chi connectivity index (χ0v) is 23.6. The SMILES string of the molecule is COc1cc(C(=O)NCC(O)(c2cc3c(c(-c4ccc(F)cc4)n2)OC[C@@]3(N)C(F)(F)F)C(F)(F)F)ccc1OCC(C)C. The summed E-state index contributed by atoms with van der Waals surface area (Å²) in [7, 11) is 1.29. The quantitative estimate of drug-likeness (QED) is 0.278. The summed E-state index contributed by atoms with van der Waals surface area (Å²) in [6.07, 6.45) is -10.8. The van der Waals surface area contributed by atoms with Crippen molar-refractivity contribution >= 4 is 5.91 Å². The lowest BCUT2D eigenvalue weighted by Gasteiger charge is -2.32. The summed E-state index contributed by atoms with van der Waals surface area (Å²) in [4.78, 5) is 16.7. The molecular weight excluding hydrogens is 603 g/mol. The van der Waals surface area contributed by atoms with Crippen LogP contribution in [0.25, 0.3) is 11.3 Å². The van der Waals surface area contributed by atoms with Gasteiger partial charge in [-0.3, -0.25) is 4.79 Å². The number of benzene rings is 2. The molecule has 8 nitrogen and oxygen atoms in total. The minimum absolute atomic E-state index is 0.111. The first kappa shape index (κ1) is 32.8. The third-order valence-electron chi connectivity index (χ3n) is 6.92. The number of carbonyl (C=O) groups excluding carboxylic acids is 1. The number of aromatic nitrogens is 1. The van der Waals surface area contributed by atoms with E-state index in [2.05, 4.69) is 4.98 Å². The van der Waals surface area contributed by atoms with Gasteiger partial charge >= 0.3 is 12.4 Å². The lowest BCUT2D eigenvalue weighted by Crippen LogP contribution is -2.53. The van der Waals surface area contributed by atoms with Crippen LogP contribution in [0.4, 0.5) is 30.7 Å². The van der Waals surface area contributed by atoms with Gasteiger partial charge in [0.1, 0.15) is 18.1 Å². The Kier molecular flexibility index (Phi) is 8.77. The fraction of sp³-hybridized carbons (Fsp3) is 0.379. The summed E-state index contributed by atoms with van der Waals surface area (Å²) in [5, 5.41) is 13.0. The predicted molar refractivity (Wildman–Crippen MR) is 143 cm³/mol. The molecule has 0 aliphatic carbocycles. The molecule has 1 amide bonds. The second kappa shape index (κ2) is 11.8. The van der Waals surface area contributed by atoms with Gasteiger partial charge in [-0.2, -0.15) is 26.3 Å². The Hall–Kier alpha value is -4.11. The first-order chi connectivity index (χ1) is 20.4. The molecule has 1 unspecified atom stereocenters. The van der Waals surface area contributed by atoms with E-state index in [1.165, 1.54) is 25.3 Å². The van der Waals surface area contributed by atoms with E-state index >= 15 is 0 Å². The van der Waals surface area contributed by atoms with Crippen molar-refractivity contribution in [2.24, 2.45) is 11.7 Å². The van der Waals surface area contributed by atoms with Crippen molar-refractivity contribution in [1.82, 2.24) is 10.3 Å². The Bertz CT molecular complexity index is 1530. The first-order valence-electron chi connectivity index (χ1n) is 13.1. The van der Waals surface area contributed by atoms with Crippen molar-refractivity contribution in [3.05, 3.63) is 71.2 Å². The molecule has 0 fully saturated rings. The van der Waals surface area contributed by atoms with Crippen molar-refractivity contribution in [1.29, 1.82) is 0 Å². The highest BCUT2D eigenvalue weighted by atomic mass is 19.4. The van der Waals surface area contributed by atoms with Crippen molar-refractivity contribution in [3.63, 3.8) is 0 Å². The highest BCUT2D eigenvalue weighted by molar-refractivity contribution is 5.95. The van der Waals surface area contributed by atoms with Gasteiger partial charge in [-0.05, 0) is 54.4 Å². The molecule has 4 rings (SSSR count). The number of nitrogens with two attached hydrogens (primary N) is 1. The molecule has 0 saturated heterocycles. The van der Waals surface area contributed by atoms with E-state index in [1.54, 1.807) is 0 Å². The van der Waals surface area contributed by atoms with E-state index in [1.807, 2.05) is 19.2 Å². The van der Waals surface area contributed by atoms with Crippen LogP contribution in [0.5, 0.6) is 17.2 Å². The minimum atomic E-state index is -5.57. The van der Waals surface area contributed by atoms with Gasteiger partial charge in [0.15, 0.2) is 22.8 Å². The smallest absolute Gasteiger partial charge is 0.424 e. The summed E-state index contributed by atoms with van der Waals surface area (Å²) in [6, 6.07) is 8.14. The Morgan fingerprint density at radius 3 is 2.32 bits per heavy atom. The van der Waals surface area contributed by atoms with Crippen LogP contribution in [0.3, 0.4) is 0 Å². The molecule has 0 saturated carbocycles. The van der Waals surface area contributed by atoms with Gasteiger partial charge in [0, 0.05) is 16.7 Å². The van der Waals surface area contributed by atoms with Crippen molar-refractivity contribution in [2.75, 3.05) is 26.9 Å². The van der Waals surface area contributed by atoms with Crippen LogP contribution in [-0.2, 0) is 11.1 Å². The molecule has 1 aliphatic rings. The Morgan fingerprint density at radius 2 is 1.75 bits per heavy atom. The van der Waals surface area contributed by atoms with Gasteiger partial charge in [0.25, 0.3) is 5.91 Å². The summed E-state index contributed by atoms with van der Waals surface area (Å²) >= 11 is 0. The predicted octanol–water partition coefficient (Wildman–Crippen LogP) is 5.22. The molecule has 1 aliphatic heterocycles. The number of hydrogen-bond donors (Lipinski definition) is 3. The molecular formula is C29H28F7N3O5. The molecule has 0 spiro atoms. The van der Waals surface area contributed by atoms with Crippen LogP contribution in [0.2, 0.25) is 0 Å². The first-order valence-corrected chi connectivity index (χ1v) is 13.1. The lowest BCUT2D eigenvalue weighted by atomic mass is 9.87. The number of alkyl halides is 6. The van der Waals surface area contributed by atoms with E-state index in [4.69, 9.17) is 19.9 Å². The third-order valence-corrected chi connectivity index (χ3v) is 6.92. The normalized spacial score (nSPS) is 17.9. The monoisotopic (exact) mass is 631 g/mol. The topological polar surface area (TPSA) is 116 Å². The minimum Gasteiger partial charge on any atom is -0.493 e. The molecule has 2 aromatic carbocycles. The standard InChI is InChI=1S/C29H28F7N3O5/c1-15(2)12-43-20-9-6-17(10-21(20)42-3)25(40)38-13-27(41,29(34,35)36)22-11-19-24(44-14-26(19,37)28(31,32)33)23(39-22)16-4-7-18(30)8-5-16/h4-11,15,41H,12-14,37H2,1-3H3,(H,38,40)/t26-,27?/m0/s1. The van der Waals surface area contributed by atoms with Crippen LogP contribution in [0, 0.1) is 11.7 Å². The fourth-order valence-corrected chi connectivity index (χ4v) is 4.36. The summed E-state index contributed by atoms with van der Waals surface area (Å²) in [6.45, 7) is 1.38. The second-order valence-corrected chi connectivity index (χ2v) is 10.6.